The van der Waals surface area contributed by atoms with Crippen molar-refractivity contribution >= 4 is 17.2 Å². The van der Waals surface area contributed by atoms with E-state index in [0.29, 0.717) is 0 Å². The maximum Gasteiger partial charge on any atom is 0.309 e. The first kappa shape index (κ1) is 18.2. The summed E-state index contributed by atoms with van der Waals surface area (Å²) in [4.78, 5) is 7.18. The van der Waals surface area contributed by atoms with E-state index in [1.54, 1.807) is 0 Å². The van der Waals surface area contributed by atoms with Crippen molar-refractivity contribution in [3.63, 3.8) is 0 Å². The summed E-state index contributed by atoms with van der Waals surface area (Å²) in [6.45, 7) is 13.0. The molecule has 0 saturated carbocycles. The van der Waals surface area contributed by atoms with E-state index >= 15 is 0 Å². The Morgan fingerprint density at radius 2 is 1.46 bits per heavy atom. The maximum absolute atomic E-state index is 5.08. The number of pyridine rings is 1. The van der Waals surface area contributed by atoms with Crippen molar-refractivity contribution in [2.24, 2.45) is 10.4 Å². The summed E-state index contributed by atoms with van der Waals surface area (Å²) in [5.41, 5.74) is 5.93. The van der Waals surface area contributed by atoms with Gasteiger partial charge in [-0.3, -0.25) is 0 Å². The monoisotopic (exact) mass is 324 g/mol. The molecule has 0 aliphatic carbocycles. The Balaban J connectivity index is 2.58. The quantitative estimate of drug-likeness (QED) is 0.449. The molecule has 0 aliphatic heterocycles. The lowest BCUT2D eigenvalue weighted by Gasteiger charge is -2.17. The highest BCUT2D eigenvalue weighted by Gasteiger charge is 2.30. The zero-order valence-corrected chi connectivity index (χ0v) is 16.3. The molecule has 128 valence electrons. The van der Waals surface area contributed by atoms with Gasteiger partial charge in [0.1, 0.15) is 0 Å². The van der Waals surface area contributed by atoms with Crippen molar-refractivity contribution < 1.29 is 4.57 Å². The lowest BCUT2D eigenvalue weighted by molar-refractivity contribution is -0.562. The average Bonchev–Trinajstić information content (AvgIpc) is 2.45. The highest BCUT2D eigenvalue weighted by molar-refractivity contribution is 5.82. The molecule has 0 fully saturated rings. The predicted molar refractivity (Wildman–Crippen MR) is 104 cm³/mol. The molecule has 3 nitrogen and oxygen atoms in total. The number of nitrogens with zero attached hydrogens (tertiary/aromatic N) is 3. The number of aryl methyl sites for hydroxylation is 3. The molecule has 24 heavy (non-hydrogen) atoms. The van der Waals surface area contributed by atoms with Crippen LogP contribution in [0.25, 0.3) is 0 Å². The van der Waals surface area contributed by atoms with Gasteiger partial charge in [0.25, 0.3) is 0 Å². The van der Waals surface area contributed by atoms with Gasteiger partial charge < -0.3 is 4.90 Å². The van der Waals surface area contributed by atoms with Crippen molar-refractivity contribution in [2.75, 3.05) is 19.0 Å². The van der Waals surface area contributed by atoms with Crippen molar-refractivity contribution in [2.45, 2.75) is 41.5 Å². The molecule has 0 spiro atoms. The summed E-state index contributed by atoms with van der Waals surface area (Å²) < 4.78 is 2.13. The summed E-state index contributed by atoms with van der Waals surface area (Å²) >= 11 is 0. The van der Waals surface area contributed by atoms with Crippen molar-refractivity contribution in [1.82, 2.24) is 0 Å². The molecule has 1 aromatic heterocycles. The van der Waals surface area contributed by atoms with Gasteiger partial charge in [0.2, 0.25) is 0 Å². The molecular weight excluding hydrogens is 294 g/mol. The Morgan fingerprint density at radius 3 is 1.88 bits per heavy atom. The van der Waals surface area contributed by atoms with Gasteiger partial charge in [-0.05, 0) is 46.5 Å². The molecule has 0 saturated heterocycles. The standard InChI is InChI=1S/C21H30N3/c1-15-13-16(2)19(17(3)14-15)22-20(21(4,5)6)24-11-9-18(10-12-24)23(7)8/h9-14H,1-8H3/q+1. The van der Waals surface area contributed by atoms with Crippen LogP contribution in [0.1, 0.15) is 37.5 Å². The third-order valence-corrected chi connectivity index (χ3v) is 4.10. The third kappa shape index (κ3) is 4.02. The summed E-state index contributed by atoms with van der Waals surface area (Å²) in [5.74, 6) is 1.04. The van der Waals surface area contributed by atoms with Crippen molar-refractivity contribution in [3.05, 3.63) is 53.3 Å². The first-order chi connectivity index (χ1) is 11.1. The van der Waals surface area contributed by atoms with Gasteiger partial charge in [-0.1, -0.05) is 17.7 Å². The summed E-state index contributed by atoms with van der Waals surface area (Å²) in [6, 6.07) is 8.64. The van der Waals surface area contributed by atoms with E-state index in [0.717, 1.165) is 11.5 Å². The summed E-state index contributed by atoms with van der Waals surface area (Å²) in [6.07, 6.45) is 4.19. The van der Waals surface area contributed by atoms with Crippen LogP contribution in [0.15, 0.2) is 41.7 Å². The molecule has 3 heteroatoms. The van der Waals surface area contributed by atoms with E-state index in [1.165, 1.54) is 22.4 Å². The minimum atomic E-state index is -0.0614. The smallest absolute Gasteiger partial charge is 0.309 e. The Kier molecular flexibility index (Phi) is 5.12. The fourth-order valence-corrected chi connectivity index (χ4v) is 2.93. The van der Waals surface area contributed by atoms with Crippen LogP contribution in [0.4, 0.5) is 11.4 Å². The van der Waals surface area contributed by atoms with Gasteiger partial charge in [-0.2, -0.15) is 0 Å². The Morgan fingerprint density at radius 1 is 0.958 bits per heavy atom. The molecule has 1 heterocycles. The van der Waals surface area contributed by atoms with Crippen LogP contribution in [0.2, 0.25) is 0 Å². The maximum atomic E-state index is 5.08. The summed E-state index contributed by atoms with van der Waals surface area (Å²) in [5, 5.41) is 0. The van der Waals surface area contributed by atoms with E-state index in [1.807, 2.05) is 0 Å². The molecule has 2 rings (SSSR count). The third-order valence-electron chi connectivity index (χ3n) is 4.10. The largest absolute Gasteiger partial charge is 0.377 e. The number of benzene rings is 1. The van der Waals surface area contributed by atoms with Crippen LogP contribution in [-0.4, -0.2) is 19.9 Å². The SMILES string of the molecule is Cc1cc(C)c(N=C([n+]2ccc(N(C)C)cc2)C(C)(C)C)c(C)c1. The second-order valence-corrected chi connectivity index (χ2v) is 7.79. The van der Waals surface area contributed by atoms with E-state index < -0.39 is 0 Å². The zero-order chi connectivity index (χ0) is 18.1. The summed E-state index contributed by atoms with van der Waals surface area (Å²) in [7, 11) is 4.11. The second kappa shape index (κ2) is 6.76. The Hall–Kier alpha value is -2.16. The number of anilines is 1. The van der Waals surface area contributed by atoms with Crippen molar-refractivity contribution in [1.29, 1.82) is 0 Å². The molecule has 0 amide bonds. The minimum Gasteiger partial charge on any atom is -0.377 e. The van der Waals surface area contributed by atoms with Gasteiger partial charge >= 0.3 is 5.84 Å². The molecule has 2 aromatic rings. The Bertz CT molecular complexity index is 725. The lowest BCUT2D eigenvalue weighted by atomic mass is 9.94. The number of hydrogen-bond donors (Lipinski definition) is 0. The van der Waals surface area contributed by atoms with E-state index in [4.69, 9.17) is 4.99 Å². The molecule has 0 bridgehead atoms. The Labute approximate surface area is 146 Å². The second-order valence-electron chi connectivity index (χ2n) is 7.79. The molecule has 0 N–H and O–H groups in total. The number of rotatable bonds is 2. The van der Waals surface area contributed by atoms with Gasteiger partial charge in [0, 0.05) is 43.0 Å². The molecular formula is C21H30N3+. The highest BCUT2D eigenvalue weighted by Crippen LogP contribution is 2.27. The van der Waals surface area contributed by atoms with Crippen LogP contribution >= 0.6 is 0 Å². The van der Waals surface area contributed by atoms with Crippen LogP contribution in [0, 0.1) is 26.2 Å². The molecule has 0 atom stereocenters. The first-order valence-electron chi connectivity index (χ1n) is 8.45. The van der Waals surface area contributed by atoms with Gasteiger partial charge in [-0.25, -0.2) is 4.57 Å². The fourth-order valence-electron chi connectivity index (χ4n) is 2.93. The van der Waals surface area contributed by atoms with Crippen molar-refractivity contribution in [3.8, 4) is 0 Å². The zero-order valence-electron chi connectivity index (χ0n) is 16.3. The van der Waals surface area contributed by atoms with Gasteiger partial charge in [0.15, 0.2) is 5.69 Å². The van der Waals surface area contributed by atoms with Crippen LogP contribution in [-0.2, 0) is 0 Å². The molecule has 0 aliphatic rings. The van der Waals surface area contributed by atoms with Crippen LogP contribution in [0.5, 0.6) is 0 Å². The topological polar surface area (TPSA) is 19.5 Å². The average molecular weight is 324 g/mol. The van der Waals surface area contributed by atoms with E-state index in [-0.39, 0.29) is 5.41 Å². The van der Waals surface area contributed by atoms with E-state index in [9.17, 15) is 0 Å². The van der Waals surface area contributed by atoms with Crippen LogP contribution < -0.4 is 9.47 Å². The highest BCUT2D eigenvalue weighted by atomic mass is 15.1. The first-order valence-corrected chi connectivity index (χ1v) is 8.45. The fraction of sp³-hybridized carbons (Fsp3) is 0.429. The van der Waals surface area contributed by atoms with E-state index in [2.05, 4.69) is 102 Å². The van der Waals surface area contributed by atoms with Crippen LogP contribution in [0.3, 0.4) is 0 Å². The lowest BCUT2D eigenvalue weighted by Crippen LogP contribution is -2.49. The predicted octanol–water partition coefficient (Wildman–Crippen LogP) is 4.59. The van der Waals surface area contributed by atoms with Gasteiger partial charge in [-0.15, -0.1) is 0 Å². The minimum absolute atomic E-state index is 0.0614. The normalized spacial score (nSPS) is 12.4. The number of aromatic nitrogens is 1. The number of aliphatic imine (C=N–C) groups is 1. The molecule has 0 unspecified atom stereocenters. The molecule has 1 aromatic carbocycles. The molecule has 0 radical (unpaired) electrons. The van der Waals surface area contributed by atoms with Gasteiger partial charge in [0.05, 0.1) is 17.8 Å². The number of hydrogen-bond acceptors (Lipinski definition) is 2.